The van der Waals surface area contributed by atoms with E-state index in [1.165, 1.54) is 0 Å². The first kappa shape index (κ1) is 14.3. The number of hydrogen-bond acceptors (Lipinski definition) is 2. The fourth-order valence-electron chi connectivity index (χ4n) is 1.79. The molecule has 0 saturated heterocycles. The van der Waals surface area contributed by atoms with E-state index in [0.717, 1.165) is 0 Å². The topological polar surface area (TPSA) is 65.7 Å². The van der Waals surface area contributed by atoms with Crippen LogP contribution >= 0.6 is 11.6 Å². The van der Waals surface area contributed by atoms with E-state index in [9.17, 15) is 9.59 Å². The molecular weight excluding hydrogens is 276 g/mol. The molecule has 2 N–H and O–H groups in total. The molecule has 20 heavy (non-hydrogen) atoms. The van der Waals surface area contributed by atoms with Crippen molar-refractivity contribution in [2.24, 2.45) is 5.92 Å². The Bertz CT molecular complexity index is 847. The molecule has 104 valence electrons. The van der Waals surface area contributed by atoms with Crippen LogP contribution in [0.4, 0.5) is 0 Å². The monoisotopic (exact) mass is 290 g/mol. The van der Waals surface area contributed by atoms with Gasteiger partial charge in [-0.3, -0.25) is 9.59 Å². The lowest BCUT2D eigenvalue weighted by atomic mass is 10.2. The highest BCUT2D eigenvalue weighted by Crippen LogP contribution is 2.14. The van der Waals surface area contributed by atoms with Gasteiger partial charge in [0.05, 0.1) is 0 Å². The minimum absolute atomic E-state index is 0.171. The standard InChI is InChI=1S/C15H15ClN2O2/c1-9(2)7-12-14(19)18-13(15(20)17-12)8-10-5-3-4-6-11(10)16/h3-9H,1-2H3,(H,17,20)(H,18,19)/b12-7+,13-8-. The van der Waals surface area contributed by atoms with E-state index in [2.05, 4.69) is 9.97 Å². The Morgan fingerprint density at radius 3 is 2.30 bits per heavy atom. The van der Waals surface area contributed by atoms with Gasteiger partial charge in [-0.25, -0.2) is 0 Å². The summed E-state index contributed by atoms with van der Waals surface area (Å²) in [6.45, 7) is 3.86. The average molecular weight is 291 g/mol. The Morgan fingerprint density at radius 1 is 1.05 bits per heavy atom. The average Bonchev–Trinajstić information content (AvgIpc) is 2.37. The van der Waals surface area contributed by atoms with Crippen LogP contribution in [-0.4, -0.2) is 9.97 Å². The molecule has 0 bridgehead atoms. The van der Waals surface area contributed by atoms with E-state index < -0.39 is 0 Å². The predicted octanol–water partition coefficient (Wildman–Crippen LogP) is 0.982. The van der Waals surface area contributed by atoms with Crippen LogP contribution in [0.1, 0.15) is 19.4 Å². The summed E-state index contributed by atoms with van der Waals surface area (Å²) >= 11 is 6.02. The lowest BCUT2D eigenvalue weighted by Gasteiger charge is -1.97. The Kier molecular flexibility index (Phi) is 4.25. The zero-order valence-corrected chi connectivity index (χ0v) is 12.0. The van der Waals surface area contributed by atoms with Crippen molar-refractivity contribution in [3.63, 3.8) is 0 Å². The van der Waals surface area contributed by atoms with E-state index in [4.69, 9.17) is 11.6 Å². The molecule has 0 aliphatic heterocycles. The molecule has 0 unspecified atom stereocenters. The summed E-state index contributed by atoms with van der Waals surface area (Å²) < 4.78 is 0. The maximum atomic E-state index is 12.0. The molecule has 0 spiro atoms. The van der Waals surface area contributed by atoms with Crippen LogP contribution in [0, 0.1) is 5.92 Å². The Labute approximate surface area is 120 Å². The number of H-pyrrole nitrogens is 2. The molecule has 0 saturated carbocycles. The number of benzene rings is 1. The molecule has 1 aromatic carbocycles. The van der Waals surface area contributed by atoms with Crippen LogP contribution in [0.5, 0.6) is 0 Å². The molecule has 5 heteroatoms. The summed E-state index contributed by atoms with van der Waals surface area (Å²) in [6.07, 6.45) is 3.27. The van der Waals surface area contributed by atoms with Crippen LogP contribution in [-0.2, 0) is 0 Å². The van der Waals surface area contributed by atoms with Gasteiger partial charge in [-0.2, -0.15) is 0 Å². The van der Waals surface area contributed by atoms with Crippen molar-refractivity contribution in [3.8, 4) is 0 Å². The Balaban J connectivity index is 2.67. The van der Waals surface area contributed by atoms with Crippen molar-refractivity contribution in [1.82, 2.24) is 9.97 Å². The van der Waals surface area contributed by atoms with Crippen LogP contribution in [0.3, 0.4) is 0 Å². The van der Waals surface area contributed by atoms with Crippen molar-refractivity contribution in [3.05, 3.63) is 66.3 Å². The molecule has 1 aromatic heterocycles. The van der Waals surface area contributed by atoms with Crippen LogP contribution < -0.4 is 21.8 Å². The molecule has 1 heterocycles. The minimum Gasteiger partial charge on any atom is -0.316 e. The fourth-order valence-corrected chi connectivity index (χ4v) is 1.98. The van der Waals surface area contributed by atoms with Crippen molar-refractivity contribution in [2.45, 2.75) is 13.8 Å². The van der Waals surface area contributed by atoms with Gasteiger partial charge in [-0.15, -0.1) is 0 Å². The van der Waals surface area contributed by atoms with E-state index in [1.807, 2.05) is 19.9 Å². The first-order valence-electron chi connectivity index (χ1n) is 6.28. The van der Waals surface area contributed by atoms with Gasteiger partial charge in [0, 0.05) is 5.02 Å². The minimum atomic E-state index is -0.351. The van der Waals surface area contributed by atoms with Gasteiger partial charge in [-0.05, 0) is 23.6 Å². The van der Waals surface area contributed by atoms with Crippen LogP contribution in [0.25, 0.3) is 12.2 Å². The first-order chi connectivity index (χ1) is 9.47. The zero-order chi connectivity index (χ0) is 14.7. The summed E-state index contributed by atoms with van der Waals surface area (Å²) in [6, 6.07) is 7.10. The molecule has 0 atom stereocenters. The van der Waals surface area contributed by atoms with E-state index in [1.54, 1.807) is 30.4 Å². The molecule has 0 radical (unpaired) electrons. The SMILES string of the molecule is CC(C)/C=c1/[nH]c(=O)/c(=C/c2ccccc2Cl)[nH]c1=O. The highest BCUT2D eigenvalue weighted by molar-refractivity contribution is 6.32. The second kappa shape index (κ2) is 5.92. The van der Waals surface area contributed by atoms with Gasteiger partial charge in [0.1, 0.15) is 10.7 Å². The number of nitrogens with one attached hydrogen (secondary N) is 2. The highest BCUT2D eigenvalue weighted by atomic mass is 35.5. The van der Waals surface area contributed by atoms with Gasteiger partial charge < -0.3 is 9.97 Å². The molecule has 2 rings (SSSR count). The summed E-state index contributed by atoms with van der Waals surface area (Å²) in [5.74, 6) is 0.171. The van der Waals surface area contributed by atoms with Crippen molar-refractivity contribution < 1.29 is 0 Å². The maximum Gasteiger partial charge on any atom is 0.272 e. The van der Waals surface area contributed by atoms with Gasteiger partial charge in [0.2, 0.25) is 0 Å². The predicted molar refractivity (Wildman–Crippen MR) is 81.3 cm³/mol. The number of hydrogen-bond donors (Lipinski definition) is 2. The number of aromatic amines is 2. The van der Waals surface area contributed by atoms with Crippen LogP contribution in [0.15, 0.2) is 33.9 Å². The lowest BCUT2D eigenvalue weighted by Crippen LogP contribution is -2.47. The largest absolute Gasteiger partial charge is 0.316 e. The summed E-state index contributed by atoms with van der Waals surface area (Å²) in [4.78, 5) is 29.0. The molecule has 0 aliphatic carbocycles. The number of rotatable bonds is 2. The van der Waals surface area contributed by atoms with Gasteiger partial charge in [0.15, 0.2) is 0 Å². The maximum absolute atomic E-state index is 12.0. The summed E-state index contributed by atoms with van der Waals surface area (Å²) in [5, 5.41) is 0.982. The Morgan fingerprint density at radius 2 is 1.65 bits per heavy atom. The molecule has 0 fully saturated rings. The van der Waals surface area contributed by atoms with Gasteiger partial charge >= 0.3 is 0 Å². The third-order valence-corrected chi connectivity index (χ3v) is 3.03. The molecule has 2 aromatic rings. The van der Waals surface area contributed by atoms with E-state index in [0.29, 0.717) is 10.6 Å². The van der Waals surface area contributed by atoms with Crippen molar-refractivity contribution >= 4 is 23.8 Å². The zero-order valence-electron chi connectivity index (χ0n) is 11.2. The van der Waals surface area contributed by atoms with Gasteiger partial charge in [-0.1, -0.05) is 49.7 Å². The van der Waals surface area contributed by atoms with Crippen molar-refractivity contribution in [1.29, 1.82) is 0 Å². The second-order valence-corrected chi connectivity index (χ2v) is 5.22. The number of aromatic nitrogens is 2. The highest BCUT2D eigenvalue weighted by Gasteiger charge is 1.99. The quantitative estimate of drug-likeness (QED) is 0.866. The molecule has 0 aliphatic rings. The molecule has 4 nitrogen and oxygen atoms in total. The normalized spacial score (nSPS) is 13.2. The Hall–Kier alpha value is -2.07. The van der Waals surface area contributed by atoms with Gasteiger partial charge in [0.25, 0.3) is 11.1 Å². The fraction of sp³-hybridized carbons (Fsp3) is 0.200. The third-order valence-electron chi connectivity index (χ3n) is 2.69. The first-order valence-corrected chi connectivity index (χ1v) is 6.66. The summed E-state index contributed by atoms with van der Waals surface area (Å²) in [7, 11) is 0. The van der Waals surface area contributed by atoms with Crippen LogP contribution in [0.2, 0.25) is 5.02 Å². The number of halogens is 1. The lowest BCUT2D eigenvalue weighted by molar-refractivity contribution is 0.866. The second-order valence-electron chi connectivity index (χ2n) is 4.81. The molecular formula is C15H15ClN2O2. The van der Waals surface area contributed by atoms with E-state index in [-0.39, 0.29) is 27.7 Å². The smallest absolute Gasteiger partial charge is 0.272 e. The van der Waals surface area contributed by atoms with E-state index >= 15 is 0 Å². The summed E-state index contributed by atoms with van der Waals surface area (Å²) in [5.41, 5.74) is 0.00364. The third kappa shape index (κ3) is 3.27. The molecule has 0 amide bonds. The van der Waals surface area contributed by atoms with Crippen molar-refractivity contribution in [2.75, 3.05) is 0 Å².